The highest BCUT2D eigenvalue weighted by Crippen LogP contribution is 2.27. The first kappa shape index (κ1) is 30.2. The summed E-state index contributed by atoms with van der Waals surface area (Å²) in [6, 6.07) is 16.4. The Kier molecular flexibility index (Phi) is 11.5. The van der Waals surface area contributed by atoms with Crippen LogP contribution in [0.2, 0.25) is 10.0 Å². The second kappa shape index (κ2) is 15.3. The van der Waals surface area contributed by atoms with Gasteiger partial charge in [-0.1, -0.05) is 47.5 Å². The topological polar surface area (TPSA) is 73.0 Å². The lowest BCUT2D eigenvalue weighted by atomic mass is 10.1. The van der Waals surface area contributed by atoms with Crippen molar-refractivity contribution in [2.45, 2.75) is 37.4 Å². The van der Waals surface area contributed by atoms with Crippen LogP contribution in [-0.4, -0.2) is 123 Å². The zero-order chi connectivity index (χ0) is 27.7. The SMILES string of the molecule is C1OCC2OC12.Clc1ccc(CN2CCNCC2)cc1.O[C@@H]1COC[C@H]1N1CCN(Cc2ccc(Cl)cc2)CC1. The lowest BCUT2D eigenvalue weighted by molar-refractivity contribution is 0.0422. The lowest BCUT2D eigenvalue weighted by Crippen LogP contribution is -2.53. The van der Waals surface area contributed by atoms with E-state index in [-0.39, 0.29) is 12.1 Å². The highest BCUT2D eigenvalue weighted by molar-refractivity contribution is 6.30. The van der Waals surface area contributed by atoms with Crippen LogP contribution in [0.3, 0.4) is 0 Å². The molecule has 0 radical (unpaired) electrons. The van der Waals surface area contributed by atoms with Crippen LogP contribution in [0.5, 0.6) is 0 Å². The second-order valence-corrected chi connectivity index (χ2v) is 11.9. The predicted octanol–water partition coefficient (Wildman–Crippen LogP) is 2.75. The third kappa shape index (κ3) is 9.36. The van der Waals surface area contributed by atoms with Gasteiger partial charge in [0, 0.05) is 75.5 Å². The summed E-state index contributed by atoms with van der Waals surface area (Å²) in [5, 5.41) is 14.8. The van der Waals surface area contributed by atoms with Gasteiger partial charge in [-0.15, -0.1) is 0 Å². The molecule has 2 aromatic rings. The molecule has 0 aromatic heterocycles. The van der Waals surface area contributed by atoms with E-state index in [9.17, 15) is 5.11 Å². The number of epoxide rings is 1. The van der Waals surface area contributed by atoms with Gasteiger partial charge in [-0.2, -0.15) is 0 Å². The van der Waals surface area contributed by atoms with Crippen LogP contribution in [-0.2, 0) is 27.3 Å². The van der Waals surface area contributed by atoms with Gasteiger partial charge in [0.25, 0.3) is 0 Å². The molecule has 10 heteroatoms. The molecule has 4 atom stereocenters. The maximum atomic E-state index is 9.88. The summed E-state index contributed by atoms with van der Waals surface area (Å²) in [6.07, 6.45) is 0.660. The molecule has 40 heavy (non-hydrogen) atoms. The molecule has 220 valence electrons. The minimum absolute atomic E-state index is 0.188. The minimum atomic E-state index is -0.321. The van der Waals surface area contributed by atoms with Gasteiger partial charge in [0.1, 0.15) is 12.2 Å². The molecule has 2 aromatic carbocycles. The first-order chi connectivity index (χ1) is 19.5. The fourth-order valence-corrected chi connectivity index (χ4v) is 5.72. The first-order valence-electron chi connectivity index (χ1n) is 14.4. The Morgan fingerprint density at radius 2 is 1.18 bits per heavy atom. The standard InChI is InChI=1S/C15H21ClN2O2.C11H15ClN2.C4H6O2/c16-13-3-1-12(2-4-13)9-17-5-7-18(8-6-17)14-10-20-11-15(14)19;12-11-3-1-10(2-4-11)9-14-7-5-13-6-8-14;1-3-4(6-3)2-5-1/h1-4,14-15,19H,5-11H2;1-4,13H,5-9H2;3-4H,1-2H2/t14-,15-;;/m1../s1. The number of hydrogen-bond acceptors (Lipinski definition) is 8. The van der Waals surface area contributed by atoms with Crippen molar-refractivity contribution in [1.29, 1.82) is 0 Å². The summed E-state index contributed by atoms with van der Waals surface area (Å²) in [6.45, 7) is 13.4. The molecule has 0 amide bonds. The van der Waals surface area contributed by atoms with Gasteiger partial charge in [0.2, 0.25) is 0 Å². The van der Waals surface area contributed by atoms with Crippen molar-refractivity contribution in [1.82, 2.24) is 20.0 Å². The second-order valence-electron chi connectivity index (χ2n) is 11.0. The summed E-state index contributed by atoms with van der Waals surface area (Å²) in [7, 11) is 0. The Bertz CT molecular complexity index is 1010. The monoisotopic (exact) mass is 592 g/mol. The number of nitrogens with zero attached hydrogens (tertiary/aromatic N) is 3. The van der Waals surface area contributed by atoms with Gasteiger partial charge in [-0.25, -0.2) is 0 Å². The van der Waals surface area contributed by atoms with Crippen molar-refractivity contribution in [2.24, 2.45) is 0 Å². The Morgan fingerprint density at radius 3 is 1.60 bits per heavy atom. The van der Waals surface area contributed by atoms with E-state index in [1.54, 1.807) is 0 Å². The van der Waals surface area contributed by atoms with Crippen molar-refractivity contribution >= 4 is 23.2 Å². The van der Waals surface area contributed by atoms with Crippen LogP contribution in [0.4, 0.5) is 0 Å². The van der Waals surface area contributed by atoms with Crippen molar-refractivity contribution in [3.05, 3.63) is 69.7 Å². The number of halogens is 2. The van der Waals surface area contributed by atoms with E-state index in [2.05, 4.69) is 44.3 Å². The number of aliphatic hydroxyl groups excluding tert-OH is 1. The van der Waals surface area contributed by atoms with Crippen LogP contribution in [0.15, 0.2) is 48.5 Å². The smallest absolute Gasteiger partial charge is 0.110 e. The van der Waals surface area contributed by atoms with E-state index < -0.39 is 0 Å². The zero-order valence-electron chi connectivity index (χ0n) is 23.1. The molecule has 5 aliphatic rings. The Hall–Kier alpha value is -1.30. The minimum Gasteiger partial charge on any atom is -0.389 e. The van der Waals surface area contributed by atoms with Gasteiger partial charge < -0.3 is 24.6 Å². The lowest BCUT2D eigenvalue weighted by Gasteiger charge is -2.38. The van der Waals surface area contributed by atoms with Crippen LogP contribution < -0.4 is 5.32 Å². The number of piperazine rings is 2. The number of nitrogens with one attached hydrogen (secondary N) is 1. The van der Waals surface area contributed by atoms with Crippen LogP contribution in [0.1, 0.15) is 11.1 Å². The largest absolute Gasteiger partial charge is 0.389 e. The van der Waals surface area contributed by atoms with Crippen LogP contribution >= 0.6 is 23.2 Å². The number of ether oxygens (including phenoxy) is 3. The average molecular weight is 594 g/mol. The van der Waals surface area contributed by atoms with Crippen molar-refractivity contribution in [2.75, 3.05) is 78.8 Å². The van der Waals surface area contributed by atoms with Gasteiger partial charge in [0.15, 0.2) is 0 Å². The van der Waals surface area contributed by atoms with E-state index in [1.165, 1.54) is 11.1 Å². The quantitative estimate of drug-likeness (QED) is 0.514. The predicted molar refractivity (Wildman–Crippen MR) is 158 cm³/mol. The normalized spacial score (nSPS) is 28.7. The maximum absolute atomic E-state index is 9.88. The van der Waals surface area contributed by atoms with Crippen molar-refractivity contribution in [3.8, 4) is 0 Å². The molecule has 0 spiro atoms. The number of fused-ring (bicyclic) bond motifs is 1. The molecule has 5 fully saturated rings. The number of rotatable bonds is 5. The fraction of sp³-hybridized carbons (Fsp3) is 0.600. The molecular weight excluding hydrogens is 551 g/mol. The summed E-state index contributed by atoms with van der Waals surface area (Å²) >= 11 is 11.7. The van der Waals surface area contributed by atoms with E-state index in [0.717, 1.165) is 88.7 Å². The highest BCUT2D eigenvalue weighted by atomic mass is 35.5. The maximum Gasteiger partial charge on any atom is 0.110 e. The van der Waals surface area contributed by atoms with Gasteiger partial charge in [0.05, 0.1) is 38.6 Å². The van der Waals surface area contributed by atoms with Crippen molar-refractivity contribution in [3.63, 3.8) is 0 Å². The summed E-state index contributed by atoms with van der Waals surface area (Å²) < 4.78 is 15.3. The molecule has 5 aliphatic heterocycles. The van der Waals surface area contributed by atoms with Gasteiger partial charge >= 0.3 is 0 Å². The molecule has 0 aliphatic carbocycles. The first-order valence-corrected chi connectivity index (χ1v) is 15.2. The molecule has 5 heterocycles. The summed E-state index contributed by atoms with van der Waals surface area (Å²) in [5.74, 6) is 0. The zero-order valence-corrected chi connectivity index (χ0v) is 24.6. The van der Waals surface area contributed by atoms with Crippen molar-refractivity contribution < 1.29 is 19.3 Å². The van der Waals surface area contributed by atoms with Gasteiger partial charge in [-0.3, -0.25) is 14.7 Å². The molecule has 7 rings (SSSR count). The molecule has 0 saturated carbocycles. The fourth-order valence-electron chi connectivity index (χ4n) is 5.47. The number of hydrogen-bond donors (Lipinski definition) is 2. The molecule has 5 saturated heterocycles. The van der Waals surface area contributed by atoms with E-state index in [0.29, 0.717) is 25.4 Å². The van der Waals surface area contributed by atoms with Crippen LogP contribution in [0, 0.1) is 0 Å². The highest BCUT2D eigenvalue weighted by Gasteiger charge is 2.44. The summed E-state index contributed by atoms with van der Waals surface area (Å²) in [5.41, 5.74) is 2.64. The molecule has 2 N–H and O–H groups in total. The Morgan fingerprint density at radius 1 is 0.675 bits per heavy atom. The molecule has 0 bridgehead atoms. The number of benzene rings is 2. The van der Waals surface area contributed by atoms with E-state index in [4.69, 9.17) is 37.4 Å². The molecule has 8 nitrogen and oxygen atoms in total. The Balaban J connectivity index is 0.000000138. The number of aliphatic hydroxyl groups is 1. The molecule has 2 unspecified atom stereocenters. The van der Waals surface area contributed by atoms with Gasteiger partial charge in [-0.05, 0) is 35.4 Å². The Labute approximate surface area is 248 Å². The van der Waals surface area contributed by atoms with Crippen LogP contribution in [0.25, 0.3) is 0 Å². The third-order valence-electron chi connectivity index (χ3n) is 8.00. The third-order valence-corrected chi connectivity index (χ3v) is 8.50. The summed E-state index contributed by atoms with van der Waals surface area (Å²) in [4.78, 5) is 7.26. The van der Waals surface area contributed by atoms with E-state index in [1.807, 2.05) is 24.3 Å². The molecular formula is C30H42Cl2N4O4. The average Bonchev–Trinajstić information content (AvgIpc) is 3.33. The van der Waals surface area contributed by atoms with E-state index >= 15 is 0 Å².